The second-order valence-corrected chi connectivity index (χ2v) is 8.68. The number of ketones is 1. The SMILES string of the molecule is Cc1cc(C(C)(c2cccnc2)S(N)(=O)=O)n(C)c1C(=O)c1ccc(F)cc1. The maximum Gasteiger partial charge on any atom is 0.224 e. The van der Waals surface area contributed by atoms with Crippen LogP contribution < -0.4 is 5.14 Å². The highest BCUT2D eigenvalue weighted by atomic mass is 32.2. The fourth-order valence-electron chi connectivity index (χ4n) is 3.39. The van der Waals surface area contributed by atoms with Crippen LogP contribution in [-0.2, 0) is 21.8 Å². The van der Waals surface area contributed by atoms with Crippen molar-refractivity contribution in [2.75, 3.05) is 0 Å². The minimum atomic E-state index is -4.11. The van der Waals surface area contributed by atoms with E-state index in [1.165, 1.54) is 48.1 Å². The van der Waals surface area contributed by atoms with Crippen LogP contribution in [0.1, 0.15) is 39.8 Å². The summed E-state index contributed by atoms with van der Waals surface area (Å²) < 4.78 is 38.3. The minimum Gasteiger partial charge on any atom is -0.343 e. The van der Waals surface area contributed by atoms with Crippen molar-refractivity contribution in [3.05, 3.63) is 88.8 Å². The molecule has 146 valence electrons. The van der Waals surface area contributed by atoms with Crippen molar-refractivity contribution in [1.82, 2.24) is 9.55 Å². The highest BCUT2D eigenvalue weighted by Crippen LogP contribution is 2.37. The molecule has 0 aliphatic heterocycles. The van der Waals surface area contributed by atoms with Crippen LogP contribution in [0.4, 0.5) is 4.39 Å². The van der Waals surface area contributed by atoms with Gasteiger partial charge in [0, 0.05) is 30.7 Å². The zero-order valence-corrected chi connectivity index (χ0v) is 16.5. The number of carbonyl (C=O) groups excluding carboxylic acids is 1. The molecule has 0 spiro atoms. The molecule has 2 N–H and O–H groups in total. The van der Waals surface area contributed by atoms with Crippen molar-refractivity contribution in [1.29, 1.82) is 0 Å². The smallest absolute Gasteiger partial charge is 0.224 e. The van der Waals surface area contributed by atoms with Gasteiger partial charge >= 0.3 is 0 Å². The van der Waals surface area contributed by atoms with E-state index >= 15 is 0 Å². The molecule has 0 bridgehead atoms. The summed E-state index contributed by atoms with van der Waals surface area (Å²) in [5, 5.41) is 5.61. The molecule has 6 nitrogen and oxygen atoms in total. The molecular formula is C20H20FN3O3S. The minimum absolute atomic E-state index is 0.302. The molecule has 8 heteroatoms. The average Bonchev–Trinajstić information content (AvgIpc) is 2.95. The van der Waals surface area contributed by atoms with E-state index in [1.807, 2.05) is 0 Å². The van der Waals surface area contributed by atoms with Gasteiger partial charge in [0.2, 0.25) is 15.8 Å². The molecule has 0 saturated heterocycles. The van der Waals surface area contributed by atoms with E-state index in [1.54, 1.807) is 32.2 Å². The summed E-state index contributed by atoms with van der Waals surface area (Å²) in [5.41, 5.74) is 1.92. The Kier molecular flexibility index (Phi) is 4.95. The lowest BCUT2D eigenvalue weighted by molar-refractivity contribution is 0.103. The molecule has 3 rings (SSSR count). The summed E-state index contributed by atoms with van der Waals surface area (Å²) in [6.45, 7) is 3.20. The van der Waals surface area contributed by atoms with Gasteiger partial charge in [0.15, 0.2) is 0 Å². The van der Waals surface area contributed by atoms with Gasteiger partial charge in [0.05, 0.1) is 5.69 Å². The normalized spacial score (nSPS) is 13.9. The van der Waals surface area contributed by atoms with Crippen molar-refractivity contribution in [3.63, 3.8) is 0 Å². The number of primary sulfonamides is 1. The van der Waals surface area contributed by atoms with Gasteiger partial charge in [0.25, 0.3) is 0 Å². The van der Waals surface area contributed by atoms with Gasteiger partial charge in [-0.1, -0.05) is 6.07 Å². The molecule has 1 unspecified atom stereocenters. The van der Waals surface area contributed by atoms with Crippen LogP contribution in [0.2, 0.25) is 0 Å². The van der Waals surface area contributed by atoms with Crippen LogP contribution in [-0.4, -0.2) is 23.8 Å². The van der Waals surface area contributed by atoms with Crippen LogP contribution in [0, 0.1) is 12.7 Å². The summed E-state index contributed by atoms with van der Waals surface area (Å²) in [5.74, 6) is -0.784. The van der Waals surface area contributed by atoms with Crippen LogP contribution in [0.25, 0.3) is 0 Å². The van der Waals surface area contributed by atoms with Crippen molar-refractivity contribution >= 4 is 15.8 Å². The van der Waals surface area contributed by atoms with Crippen molar-refractivity contribution in [2.24, 2.45) is 12.2 Å². The summed E-state index contributed by atoms with van der Waals surface area (Å²) in [7, 11) is -2.50. The first-order chi connectivity index (χ1) is 13.1. The zero-order valence-electron chi connectivity index (χ0n) is 15.7. The number of hydrogen-bond acceptors (Lipinski definition) is 4. The molecule has 3 aromatic rings. The number of halogens is 1. The molecule has 0 fully saturated rings. The zero-order chi connectivity index (χ0) is 20.7. The van der Waals surface area contributed by atoms with E-state index < -0.39 is 20.6 Å². The van der Waals surface area contributed by atoms with Gasteiger partial charge in [-0.25, -0.2) is 17.9 Å². The molecule has 0 amide bonds. The predicted octanol–water partition coefficient (Wildman–Crippen LogP) is 2.65. The Labute approximate surface area is 162 Å². The van der Waals surface area contributed by atoms with Crippen LogP contribution in [0.5, 0.6) is 0 Å². The summed E-state index contributed by atoms with van der Waals surface area (Å²) in [6, 6.07) is 10.1. The van der Waals surface area contributed by atoms with Crippen LogP contribution in [0.3, 0.4) is 0 Å². The lowest BCUT2D eigenvalue weighted by atomic mass is 9.98. The predicted molar refractivity (Wildman–Crippen MR) is 104 cm³/mol. The quantitative estimate of drug-likeness (QED) is 0.665. The first kappa shape index (κ1) is 19.9. The fourth-order valence-corrected chi connectivity index (χ4v) is 4.32. The van der Waals surface area contributed by atoms with Crippen LogP contribution in [0.15, 0.2) is 54.9 Å². The Balaban J connectivity index is 2.22. The van der Waals surface area contributed by atoms with Gasteiger partial charge in [0.1, 0.15) is 10.6 Å². The summed E-state index contributed by atoms with van der Waals surface area (Å²) in [4.78, 5) is 17.0. The number of nitrogens with zero attached hydrogens (tertiary/aromatic N) is 2. The number of carbonyl (C=O) groups is 1. The standard InChI is InChI=1S/C20H20FN3O3S/c1-13-11-17(20(2,28(22,26)27)15-5-4-10-23-12-15)24(3)18(13)19(25)14-6-8-16(21)9-7-14/h4-12H,1-3H3,(H2,22,26,27). The lowest BCUT2D eigenvalue weighted by Crippen LogP contribution is -2.41. The number of nitrogens with two attached hydrogens (primary N) is 1. The largest absolute Gasteiger partial charge is 0.343 e. The summed E-state index contributed by atoms with van der Waals surface area (Å²) >= 11 is 0. The maximum absolute atomic E-state index is 13.2. The molecule has 28 heavy (non-hydrogen) atoms. The topological polar surface area (TPSA) is 95.0 Å². The van der Waals surface area contributed by atoms with Crippen molar-refractivity contribution in [3.8, 4) is 0 Å². The Hall–Kier alpha value is -2.84. The molecule has 1 atom stereocenters. The van der Waals surface area contributed by atoms with E-state index in [2.05, 4.69) is 4.98 Å². The van der Waals surface area contributed by atoms with Gasteiger partial charge in [-0.15, -0.1) is 0 Å². The number of aromatic nitrogens is 2. The van der Waals surface area contributed by atoms with E-state index in [0.29, 0.717) is 28.1 Å². The molecule has 0 saturated carbocycles. The molecule has 2 heterocycles. The summed E-state index contributed by atoms with van der Waals surface area (Å²) in [6.07, 6.45) is 2.97. The lowest BCUT2D eigenvalue weighted by Gasteiger charge is -2.28. The highest BCUT2D eigenvalue weighted by molar-refractivity contribution is 7.90. The monoisotopic (exact) mass is 401 g/mol. The van der Waals surface area contributed by atoms with Gasteiger partial charge in [-0.3, -0.25) is 9.78 Å². The maximum atomic E-state index is 13.2. The number of hydrogen-bond donors (Lipinski definition) is 1. The fraction of sp³-hybridized carbons (Fsp3) is 0.200. The molecule has 0 aliphatic rings. The molecule has 0 radical (unpaired) electrons. The van der Waals surface area contributed by atoms with E-state index in [4.69, 9.17) is 5.14 Å². The molecular weight excluding hydrogens is 381 g/mol. The third-order valence-corrected chi connectivity index (χ3v) is 6.60. The third-order valence-electron chi connectivity index (χ3n) is 5.02. The number of pyridine rings is 1. The second-order valence-electron chi connectivity index (χ2n) is 6.78. The number of sulfonamides is 1. The third kappa shape index (κ3) is 3.14. The first-order valence-electron chi connectivity index (χ1n) is 8.47. The average molecular weight is 401 g/mol. The molecule has 2 aromatic heterocycles. The van der Waals surface area contributed by atoms with Crippen molar-refractivity contribution in [2.45, 2.75) is 18.6 Å². The second kappa shape index (κ2) is 6.96. The molecule has 1 aromatic carbocycles. The highest BCUT2D eigenvalue weighted by Gasteiger charge is 2.44. The first-order valence-corrected chi connectivity index (χ1v) is 10.0. The van der Waals surface area contributed by atoms with E-state index in [9.17, 15) is 17.6 Å². The Bertz CT molecular complexity index is 1140. The van der Waals surface area contributed by atoms with E-state index in [-0.39, 0.29) is 5.78 Å². The Morgan fingerprint density at radius 2 is 1.86 bits per heavy atom. The van der Waals surface area contributed by atoms with Crippen molar-refractivity contribution < 1.29 is 17.6 Å². The van der Waals surface area contributed by atoms with Gasteiger partial charge < -0.3 is 4.57 Å². The van der Waals surface area contributed by atoms with Crippen LogP contribution >= 0.6 is 0 Å². The Morgan fingerprint density at radius 1 is 1.21 bits per heavy atom. The molecule has 0 aliphatic carbocycles. The number of aryl methyl sites for hydroxylation is 1. The number of benzene rings is 1. The van der Waals surface area contributed by atoms with Gasteiger partial charge in [-0.2, -0.15) is 0 Å². The number of rotatable bonds is 5. The van der Waals surface area contributed by atoms with E-state index in [0.717, 1.165) is 0 Å². The van der Waals surface area contributed by atoms with Gasteiger partial charge in [-0.05, 0) is 61.4 Å². The Morgan fingerprint density at radius 3 is 2.39 bits per heavy atom.